The molecule has 1 saturated carbocycles. The van der Waals surface area contributed by atoms with Gasteiger partial charge >= 0.3 is 0 Å². The molecule has 1 amide bonds. The number of amides is 1. The van der Waals surface area contributed by atoms with E-state index in [-0.39, 0.29) is 17.9 Å². The molecular weight excluding hydrogens is 302 g/mol. The van der Waals surface area contributed by atoms with Crippen molar-refractivity contribution in [2.24, 2.45) is 5.92 Å². The largest absolute Gasteiger partial charge is 0.494 e. The highest BCUT2D eigenvalue weighted by Crippen LogP contribution is 2.26. The molecule has 1 atom stereocenters. The van der Waals surface area contributed by atoms with Crippen molar-refractivity contribution in [1.29, 1.82) is 0 Å². The Hall–Kier alpha value is -2.30. The van der Waals surface area contributed by atoms with Gasteiger partial charge in [-0.3, -0.25) is 4.79 Å². The minimum Gasteiger partial charge on any atom is -0.494 e. The third-order valence-corrected chi connectivity index (χ3v) is 4.77. The Bertz CT molecular complexity index is 689. The van der Waals surface area contributed by atoms with Crippen LogP contribution in [0.1, 0.15) is 50.6 Å². The van der Waals surface area contributed by atoms with E-state index in [9.17, 15) is 4.79 Å². The first kappa shape index (κ1) is 16.6. The van der Waals surface area contributed by atoms with Crippen LogP contribution >= 0.6 is 0 Å². The Kier molecular flexibility index (Phi) is 5.18. The lowest BCUT2D eigenvalue weighted by Crippen LogP contribution is -2.33. The Morgan fingerprint density at radius 1 is 1.29 bits per heavy atom. The summed E-state index contributed by atoms with van der Waals surface area (Å²) in [7, 11) is 1.65. The Morgan fingerprint density at radius 2 is 2.04 bits per heavy atom. The summed E-state index contributed by atoms with van der Waals surface area (Å²) in [4.78, 5) is 12.4. The maximum Gasteiger partial charge on any atom is 0.223 e. The van der Waals surface area contributed by atoms with E-state index >= 15 is 0 Å². The zero-order chi connectivity index (χ0) is 16.9. The van der Waals surface area contributed by atoms with Crippen LogP contribution in [0.2, 0.25) is 0 Å². The van der Waals surface area contributed by atoms with Crippen LogP contribution < -0.4 is 10.1 Å². The van der Waals surface area contributed by atoms with E-state index in [2.05, 4.69) is 10.4 Å². The summed E-state index contributed by atoms with van der Waals surface area (Å²) < 4.78 is 7.17. The summed E-state index contributed by atoms with van der Waals surface area (Å²) in [6, 6.07) is 7.70. The lowest BCUT2D eigenvalue weighted by atomic mass is 9.88. The van der Waals surface area contributed by atoms with Crippen LogP contribution in [0.3, 0.4) is 0 Å². The molecule has 0 bridgehead atoms. The van der Waals surface area contributed by atoms with Crippen molar-refractivity contribution < 1.29 is 9.53 Å². The van der Waals surface area contributed by atoms with Gasteiger partial charge < -0.3 is 10.1 Å². The predicted molar refractivity (Wildman–Crippen MR) is 93.2 cm³/mol. The molecule has 0 spiro atoms. The van der Waals surface area contributed by atoms with Crippen molar-refractivity contribution in [2.45, 2.75) is 45.1 Å². The molecule has 2 aromatic rings. The minimum absolute atomic E-state index is 0.0529. The van der Waals surface area contributed by atoms with Crippen molar-refractivity contribution >= 4 is 5.91 Å². The smallest absolute Gasteiger partial charge is 0.223 e. The summed E-state index contributed by atoms with van der Waals surface area (Å²) in [5, 5.41) is 7.56. The van der Waals surface area contributed by atoms with Gasteiger partial charge in [0.15, 0.2) is 0 Å². The first-order valence-corrected chi connectivity index (χ1v) is 8.67. The maximum atomic E-state index is 12.4. The molecule has 1 aliphatic carbocycles. The number of nitrogens with one attached hydrogen (secondary N) is 1. The van der Waals surface area contributed by atoms with Gasteiger partial charge in [-0.25, -0.2) is 4.68 Å². The number of hydrogen-bond donors (Lipinski definition) is 1. The highest BCUT2D eigenvalue weighted by Gasteiger charge is 2.23. The molecule has 3 rings (SSSR count). The number of ether oxygens (including phenoxy) is 1. The number of para-hydroxylation sites is 2. The highest BCUT2D eigenvalue weighted by atomic mass is 16.5. The van der Waals surface area contributed by atoms with Crippen LogP contribution in [-0.4, -0.2) is 22.8 Å². The first-order valence-electron chi connectivity index (χ1n) is 8.67. The van der Waals surface area contributed by atoms with Gasteiger partial charge in [0.2, 0.25) is 5.91 Å². The summed E-state index contributed by atoms with van der Waals surface area (Å²) >= 11 is 0. The van der Waals surface area contributed by atoms with Crippen LogP contribution in [-0.2, 0) is 4.79 Å². The molecule has 1 heterocycles. The number of aromatic nitrogens is 2. The normalized spacial score (nSPS) is 16.6. The van der Waals surface area contributed by atoms with Crippen molar-refractivity contribution in [2.75, 3.05) is 7.11 Å². The predicted octanol–water partition coefficient (Wildman–Crippen LogP) is 3.64. The molecule has 1 fully saturated rings. The average molecular weight is 327 g/mol. The van der Waals surface area contributed by atoms with Crippen molar-refractivity contribution in [3.8, 4) is 11.4 Å². The van der Waals surface area contributed by atoms with Crippen molar-refractivity contribution in [3.05, 3.63) is 42.2 Å². The Balaban J connectivity index is 1.69. The number of carbonyl (C=O) groups excluding carboxylic acids is 1. The Morgan fingerprint density at radius 3 is 2.79 bits per heavy atom. The average Bonchev–Trinajstić information content (AvgIpc) is 3.12. The summed E-state index contributed by atoms with van der Waals surface area (Å²) in [6.07, 6.45) is 9.36. The molecule has 1 N–H and O–H groups in total. The van der Waals surface area contributed by atoms with Crippen LogP contribution in [0.5, 0.6) is 5.75 Å². The van der Waals surface area contributed by atoms with E-state index in [1.165, 1.54) is 6.42 Å². The number of hydrogen-bond acceptors (Lipinski definition) is 3. The molecule has 5 nitrogen and oxygen atoms in total. The molecule has 1 aromatic carbocycles. The topological polar surface area (TPSA) is 56.1 Å². The van der Waals surface area contributed by atoms with Gasteiger partial charge in [-0.05, 0) is 31.9 Å². The lowest BCUT2D eigenvalue weighted by molar-refractivity contribution is -0.126. The summed E-state index contributed by atoms with van der Waals surface area (Å²) in [5.74, 6) is 1.11. The van der Waals surface area contributed by atoms with Gasteiger partial charge in [0.25, 0.3) is 0 Å². The second-order valence-corrected chi connectivity index (χ2v) is 6.46. The van der Waals surface area contributed by atoms with Crippen LogP contribution in [0, 0.1) is 5.92 Å². The van der Waals surface area contributed by atoms with Gasteiger partial charge in [0, 0.05) is 17.7 Å². The van der Waals surface area contributed by atoms with Crippen molar-refractivity contribution in [3.63, 3.8) is 0 Å². The molecule has 0 aliphatic heterocycles. The van der Waals surface area contributed by atoms with E-state index in [0.717, 1.165) is 42.7 Å². The fourth-order valence-electron chi connectivity index (χ4n) is 3.29. The van der Waals surface area contributed by atoms with Crippen LogP contribution in [0.4, 0.5) is 0 Å². The van der Waals surface area contributed by atoms with Gasteiger partial charge in [-0.2, -0.15) is 5.10 Å². The zero-order valence-corrected chi connectivity index (χ0v) is 14.4. The molecule has 1 aromatic heterocycles. The molecule has 128 valence electrons. The fraction of sp³-hybridized carbons (Fsp3) is 0.474. The lowest BCUT2D eigenvalue weighted by Gasteiger charge is -2.22. The van der Waals surface area contributed by atoms with Gasteiger partial charge in [-0.15, -0.1) is 0 Å². The number of rotatable bonds is 5. The van der Waals surface area contributed by atoms with E-state index in [4.69, 9.17) is 4.74 Å². The van der Waals surface area contributed by atoms with Gasteiger partial charge in [-0.1, -0.05) is 31.4 Å². The maximum absolute atomic E-state index is 12.4. The molecule has 0 saturated heterocycles. The second-order valence-electron chi connectivity index (χ2n) is 6.46. The number of methoxy groups -OCH3 is 1. The monoisotopic (exact) mass is 327 g/mol. The van der Waals surface area contributed by atoms with E-state index in [1.54, 1.807) is 18.0 Å². The number of benzene rings is 1. The van der Waals surface area contributed by atoms with Gasteiger partial charge in [0.1, 0.15) is 11.4 Å². The van der Waals surface area contributed by atoms with E-state index in [1.807, 2.05) is 37.4 Å². The van der Waals surface area contributed by atoms with Crippen LogP contribution in [0.15, 0.2) is 36.7 Å². The third kappa shape index (κ3) is 3.61. The van der Waals surface area contributed by atoms with Gasteiger partial charge in [0.05, 0.1) is 19.3 Å². The number of nitrogens with zero attached hydrogens (tertiary/aromatic N) is 2. The SMILES string of the molecule is COc1ccccc1-n1cc([C@H](C)NC(=O)C2CCCCC2)cn1. The van der Waals surface area contributed by atoms with E-state index in [0.29, 0.717) is 0 Å². The van der Waals surface area contributed by atoms with Crippen molar-refractivity contribution in [1.82, 2.24) is 15.1 Å². The number of carbonyl (C=O) groups is 1. The molecule has 0 radical (unpaired) electrons. The zero-order valence-electron chi connectivity index (χ0n) is 14.4. The molecule has 1 aliphatic rings. The Labute approximate surface area is 143 Å². The fourth-order valence-corrected chi connectivity index (χ4v) is 3.29. The summed E-state index contributed by atoms with van der Waals surface area (Å²) in [6.45, 7) is 2.00. The van der Waals surface area contributed by atoms with Crippen LogP contribution in [0.25, 0.3) is 5.69 Å². The molecular formula is C19H25N3O2. The first-order chi connectivity index (χ1) is 11.7. The standard InChI is InChI=1S/C19H25N3O2/c1-14(21-19(23)15-8-4-3-5-9-15)16-12-20-22(13-16)17-10-6-7-11-18(17)24-2/h6-7,10-15H,3-5,8-9H2,1-2H3,(H,21,23)/t14-/m0/s1. The molecule has 0 unspecified atom stereocenters. The molecule has 5 heteroatoms. The molecule has 24 heavy (non-hydrogen) atoms. The minimum atomic E-state index is -0.0529. The summed E-state index contributed by atoms with van der Waals surface area (Å²) in [5.41, 5.74) is 1.88. The third-order valence-electron chi connectivity index (χ3n) is 4.77. The quantitative estimate of drug-likeness (QED) is 0.912. The van der Waals surface area contributed by atoms with E-state index < -0.39 is 0 Å². The highest BCUT2D eigenvalue weighted by molar-refractivity contribution is 5.79. The second kappa shape index (κ2) is 7.51.